The lowest BCUT2D eigenvalue weighted by atomic mass is 9.87. The first kappa shape index (κ1) is 13.9. The standard InChI is InChI=1S/C15H23NO4/c17-14(11-8-9-6-7-13(11)20-9)16-12-5-3-1-2-4-10(12)15(18)19/h9-13H,1-8H2,(H,16,17)(H,18,19)/t9?,10-,11?,12+,13?/m1/s1. The van der Waals surface area contributed by atoms with E-state index in [4.69, 9.17) is 4.74 Å². The Morgan fingerprint density at radius 1 is 1.00 bits per heavy atom. The van der Waals surface area contributed by atoms with Gasteiger partial charge in [-0.3, -0.25) is 9.59 Å². The van der Waals surface area contributed by atoms with E-state index >= 15 is 0 Å². The third-order valence-corrected chi connectivity index (χ3v) is 5.10. The first-order valence-corrected chi connectivity index (χ1v) is 7.84. The van der Waals surface area contributed by atoms with Crippen LogP contribution in [0, 0.1) is 11.8 Å². The Kier molecular flexibility index (Phi) is 3.96. The number of fused-ring (bicyclic) bond motifs is 2. The summed E-state index contributed by atoms with van der Waals surface area (Å²) in [6, 6.07) is -0.207. The summed E-state index contributed by atoms with van der Waals surface area (Å²) in [5, 5.41) is 12.4. The van der Waals surface area contributed by atoms with Gasteiger partial charge in [0.1, 0.15) is 0 Å². The second-order valence-electron chi connectivity index (χ2n) is 6.41. The van der Waals surface area contributed by atoms with E-state index in [1.807, 2.05) is 0 Å². The molecule has 0 aromatic rings. The highest BCUT2D eigenvalue weighted by Crippen LogP contribution is 2.39. The second kappa shape index (κ2) is 5.72. The molecular formula is C15H23NO4. The smallest absolute Gasteiger partial charge is 0.308 e. The largest absolute Gasteiger partial charge is 0.481 e. The van der Waals surface area contributed by atoms with Gasteiger partial charge in [-0.25, -0.2) is 0 Å². The van der Waals surface area contributed by atoms with Crippen LogP contribution in [0.1, 0.15) is 51.4 Å². The van der Waals surface area contributed by atoms with E-state index in [1.54, 1.807) is 0 Å². The number of rotatable bonds is 3. The van der Waals surface area contributed by atoms with Crippen LogP contribution < -0.4 is 5.32 Å². The van der Waals surface area contributed by atoms with Gasteiger partial charge in [-0.05, 0) is 32.1 Å². The molecule has 0 aromatic carbocycles. The van der Waals surface area contributed by atoms with Crippen molar-refractivity contribution in [2.45, 2.75) is 69.6 Å². The normalized spacial score (nSPS) is 40.3. The maximum Gasteiger partial charge on any atom is 0.308 e. The number of hydrogen-bond donors (Lipinski definition) is 2. The molecule has 2 aliphatic heterocycles. The fourth-order valence-electron chi connectivity index (χ4n) is 3.98. The van der Waals surface area contributed by atoms with Crippen molar-refractivity contribution in [3.8, 4) is 0 Å². The van der Waals surface area contributed by atoms with Crippen molar-refractivity contribution < 1.29 is 19.4 Å². The van der Waals surface area contributed by atoms with Crippen molar-refractivity contribution in [1.29, 1.82) is 0 Å². The number of amides is 1. The van der Waals surface area contributed by atoms with Crippen LogP contribution in [-0.4, -0.2) is 35.2 Å². The molecule has 5 atom stereocenters. The van der Waals surface area contributed by atoms with Crippen LogP contribution in [0.25, 0.3) is 0 Å². The number of carbonyl (C=O) groups is 2. The molecule has 2 N–H and O–H groups in total. The molecule has 3 fully saturated rings. The van der Waals surface area contributed by atoms with Crippen molar-refractivity contribution in [1.82, 2.24) is 5.32 Å². The summed E-state index contributed by atoms with van der Waals surface area (Å²) in [6.07, 6.45) is 7.62. The highest BCUT2D eigenvalue weighted by Gasteiger charge is 2.45. The average molecular weight is 281 g/mol. The minimum atomic E-state index is -0.776. The molecule has 2 heterocycles. The minimum Gasteiger partial charge on any atom is -0.481 e. The van der Waals surface area contributed by atoms with Crippen molar-refractivity contribution in [2.75, 3.05) is 0 Å². The van der Waals surface area contributed by atoms with Gasteiger partial charge in [0.05, 0.1) is 24.0 Å². The number of hydrogen-bond acceptors (Lipinski definition) is 3. The topological polar surface area (TPSA) is 75.6 Å². The van der Waals surface area contributed by atoms with Crippen LogP contribution in [0.4, 0.5) is 0 Å². The third kappa shape index (κ3) is 2.68. The summed E-state index contributed by atoms with van der Waals surface area (Å²) in [5.74, 6) is -1.26. The van der Waals surface area contributed by atoms with Gasteiger partial charge in [0.15, 0.2) is 0 Å². The highest BCUT2D eigenvalue weighted by atomic mass is 16.5. The lowest BCUT2D eigenvalue weighted by Crippen LogP contribution is -2.46. The molecule has 5 heteroatoms. The van der Waals surface area contributed by atoms with Crippen LogP contribution in [0.15, 0.2) is 0 Å². The summed E-state index contributed by atoms with van der Waals surface area (Å²) in [4.78, 5) is 23.8. The Morgan fingerprint density at radius 2 is 1.80 bits per heavy atom. The molecule has 2 saturated heterocycles. The highest BCUT2D eigenvalue weighted by molar-refractivity contribution is 5.81. The molecule has 2 bridgehead atoms. The fourth-order valence-corrected chi connectivity index (χ4v) is 3.98. The predicted molar refractivity (Wildman–Crippen MR) is 72.1 cm³/mol. The SMILES string of the molecule is O=C(N[C@H]1CCCCC[C@H]1C(=O)O)C1CC2CCC1O2. The van der Waals surface area contributed by atoms with Crippen molar-refractivity contribution in [3.63, 3.8) is 0 Å². The number of nitrogens with one attached hydrogen (secondary N) is 1. The fraction of sp³-hybridized carbons (Fsp3) is 0.867. The molecule has 3 aliphatic rings. The third-order valence-electron chi connectivity index (χ3n) is 5.10. The van der Waals surface area contributed by atoms with Gasteiger partial charge in [0.2, 0.25) is 5.91 Å². The van der Waals surface area contributed by atoms with Gasteiger partial charge in [0.25, 0.3) is 0 Å². The lowest BCUT2D eigenvalue weighted by Gasteiger charge is -2.26. The van der Waals surface area contributed by atoms with E-state index in [2.05, 4.69) is 5.32 Å². The van der Waals surface area contributed by atoms with Crippen molar-refractivity contribution in [2.24, 2.45) is 11.8 Å². The summed E-state index contributed by atoms with van der Waals surface area (Å²) in [6.45, 7) is 0. The van der Waals surface area contributed by atoms with Gasteiger partial charge in [-0.15, -0.1) is 0 Å². The lowest BCUT2D eigenvalue weighted by molar-refractivity contribution is -0.143. The van der Waals surface area contributed by atoms with Crippen LogP contribution in [0.2, 0.25) is 0 Å². The van der Waals surface area contributed by atoms with E-state index in [-0.39, 0.29) is 30.1 Å². The van der Waals surface area contributed by atoms with Gasteiger partial charge in [-0.1, -0.05) is 19.3 Å². The van der Waals surface area contributed by atoms with Gasteiger partial charge in [-0.2, -0.15) is 0 Å². The second-order valence-corrected chi connectivity index (χ2v) is 6.41. The summed E-state index contributed by atoms with van der Waals surface area (Å²) in [7, 11) is 0. The van der Waals surface area contributed by atoms with E-state index in [0.29, 0.717) is 6.42 Å². The Hall–Kier alpha value is -1.10. The van der Waals surface area contributed by atoms with Crippen LogP contribution in [-0.2, 0) is 14.3 Å². The molecule has 112 valence electrons. The van der Waals surface area contributed by atoms with E-state index in [0.717, 1.165) is 44.9 Å². The van der Waals surface area contributed by atoms with Gasteiger partial charge < -0.3 is 15.2 Å². The number of carboxylic acid groups (broad SMARTS) is 1. The van der Waals surface area contributed by atoms with Crippen LogP contribution >= 0.6 is 0 Å². The molecule has 20 heavy (non-hydrogen) atoms. The summed E-state index contributed by atoms with van der Waals surface area (Å²) >= 11 is 0. The molecule has 0 spiro atoms. The van der Waals surface area contributed by atoms with Crippen molar-refractivity contribution >= 4 is 11.9 Å². The molecule has 1 amide bonds. The van der Waals surface area contributed by atoms with Crippen LogP contribution in [0.3, 0.4) is 0 Å². The summed E-state index contributed by atoms with van der Waals surface area (Å²) < 4.78 is 5.72. The maximum atomic E-state index is 12.4. The average Bonchev–Trinajstić information content (AvgIpc) is 2.97. The van der Waals surface area contributed by atoms with E-state index < -0.39 is 11.9 Å². The number of ether oxygens (including phenoxy) is 1. The first-order valence-electron chi connectivity index (χ1n) is 7.84. The molecule has 1 aliphatic carbocycles. The maximum absolute atomic E-state index is 12.4. The van der Waals surface area contributed by atoms with Gasteiger partial charge in [0, 0.05) is 6.04 Å². The number of aliphatic carboxylic acids is 1. The van der Waals surface area contributed by atoms with E-state index in [1.165, 1.54) is 0 Å². The molecule has 0 aromatic heterocycles. The molecular weight excluding hydrogens is 258 g/mol. The zero-order chi connectivity index (χ0) is 14.1. The molecule has 1 saturated carbocycles. The first-order chi connectivity index (χ1) is 9.65. The Labute approximate surface area is 119 Å². The van der Waals surface area contributed by atoms with Crippen LogP contribution in [0.5, 0.6) is 0 Å². The number of carbonyl (C=O) groups excluding carboxylic acids is 1. The minimum absolute atomic E-state index is 0.00958. The zero-order valence-corrected chi connectivity index (χ0v) is 11.7. The molecule has 0 radical (unpaired) electrons. The molecule has 5 nitrogen and oxygen atoms in total. The summed E-state index contributed by atoms with van der Waals surface area (Å²) in [5.41, 5.74) is 0. The van der Waals surface area contributed by atoms with Gasteiger partial charge >= 0.3 is 5.97 Å². The zero-order valence-electron chi connectivity index (χ0n) is 11.7. The van der Waals surface area contributed by atoms with Crippen molar-refractivity contribution in [3.05, 3.63) is 0 Å². The molecule has 3 rings (SSSR count). The quantitative estimate of drug-likeness (QED) is 0.772. The Bertz CT molecular complexity index is 397. The monoisotopic (exact) mass is 281 g/mol. The Morgan fingerprint density at radius 3 is 2.45 bits per heavy atom. The predicted octanol–water partition coefficient (Wildman–Crippen LogP) is 1.70. The Balaban J connectivity index is 1.62. The van der Waals surface area contributed by atoms with E-state index in [9.17, 15) is 14.7 Å². The molecule has 3 unspecified atom stereocenters. The number of carboxylic acids is 1.